The number of amides is 2. The highest BCUT2D eigenvalue weighted by Crippen LogP contribution is 2.25. The summed E-state index contributed by atoms with van der Waals surface area (Å²) in [6, 6.07) is 10.4. The summed E-state index contributed by atoms with van der Waals surface area (Å²) in [6.07, 6.45) is 0.927. The molecule has 8 heteroatoms. The number of carbonyl (C=O) groups is 2. The molecule has 1 aromatic carbocycles. The Hall–Kier alpha value is -2.74. The van der Waals surface area contributed by atoms with Crippen LogP contribution < -0.4 is 0 Å². The van der Waals surface area contributed by atoms with Gasteiger partial charge in [0.15, 0.2) is 0 Å². The monoisotopic (exact) mass is 373 g/mol. The van der Waals surface area contributed by atoms with Gasteiger partial charge >= 0.3 is 5.00 Å². The molecular formula is C18H19N3O4S. The Kier molecular flexibility index (Phi) is 5.32. The third kappa shape index (κ3) is 3.75. The average Bonchev–Trinajstić information content (AvgIpc) is 3.17. The minimum atomic E-state index is -0.498. The Balaban J connectivity index is 1.60. The molecule has 0 radical (unpaired) electrons. The lowest BCUT2D eigenvalue weighted by molar-refractivity contribution is -0.380. The SMILES string of the molecule is CCc1ccc(C(=O)N2CCN(C(=O)c3ccc([N+](=O)[O-])s3)CC2)cc1. The van der Waals surface area contributed by atoms with Crippen LogP contribution >= 0.6 is 11.3 Å². The fourth-order valence-corrected chi connectivity index (χ4v) is 3.66. The van der Waals surface area contributed by atoms with Crippen molar-refractivity contribution < 1.29 is 14.5 Å². The molecule has 0 unspecified atom stereocenters. The maximum atomic E-state index is 12.6. The topological polar surface area (TPSA) is 83.8 Å². The molecule has 2 amide bonds. The molecule has 2 aromatic rings. The summed E-state index contributed by atoms with van der Waals surface area (Å²) in [4.78, 5) is 39.0. The van der Waals surface area contributed by atoms with Gasteiger partial charge in [-0.3, -0.25) is 19.7 Å². The Morgan fingerprint density at radius 2 is 1.58 bits per heavy atom. The first-order valence-electron chi connectivity index (χ1n) is 8.41. The lowest BCUT2D eigenvalue weighted by Gasteiger charge is -2.34. The van der Waals surface area contributed by atoms with E-state index in [4.69, 9.17) is 0 Å². The predicted molar refractivity (Wildman–Crippen MR) is 98.6 cm³/mol. The molecule has 3 rings (SSSR count). The molecule has 26 heavy (non-hydrogen) atoms. The zero-order chi connectivity index (χ0) is 18.7. The summed E-state index contributed by atoms with van der Waals surface area (Å²) >= 11 is 0.879. The zero-order valence-corrected chi connectivity index (χ0v) is 15.2. The van der Waals surface area contributed by atoms with Gasteiger partial charge in [-0.25, -0.2) is 0 Å². The van der Waals surface area contributed by atoms with Crippen LogP contribution in [0.2, 0.25) is 0 Å². The summed E-state index contributed by atoms with van der Waals surface area (Å²) < 4.78 is 0. The van der Waals surface area contributed by atoms with Crippen molar-refractivity contribution in [2.45, 2.75) is 13.3 Å². The van der Waals surface area contributed by atoms with Crippen LogP contribution in [-0.4, -0.2) is 52.7 Å². The first kappa shape index (κ1) is 18.1. The lowest BCUT2D eigenvalue weighted by atomic mass is 10.1. The number of benzene rings is 1. The van der Waals surface area contributed by atoms with Crippen LogP contribution in [0.25, 0.3) is 0 Å². The van der Waals surface area contributed by atoms with Gasteiger partial charge in [0.1, 0.15) is 0 Å². The number of piperazine rings is 1. The maximum Gasteiger partial charge on any atom is 0.324 e. The van der Waals surface area contributed by atoms with Gasteiger partial charge in [-0.2, -0.15) is 0 Å². The van der Waals surface area contributed by atoms with Gasteiger partial charge < -0.3 is 9.80 Å². The van der Waals surface area contributed by atoms with E-state index in [1.807, 2.05) is 24.3 Å². The largest absolute Gasteiger partial charge is 0.335 e. The molecule has 1 aliphatic heterocycles. The van der Waals surface area contributed by atoms with Crippen LogP contribution in [0.4, 0.5) is 5.00 Å². The van der Waals surface area contributed by atoms with E-state index in [1.165, 1.54) is 17.7 Å². The average molecular weight is 373 g/mol. The van der Waals surface area contributed by atoms with Crippen LogP contribution in [0.3, 0.4) is 0 Å². The predicted octanol–water partition coefficient (Wildman–Crippen LogP) is 2.82. The minimum absolute atomic E-state index is 0.0356. The van der Waals surface area contributed by atoms with Crippen LogP contribution in [0.15, 0.2) is 36.4 Å². The lowest BCUT2D eigenvalue weighted by Crippen LogP contribution is -2.50. The van der Waals surface area contributed by atoms with E-state index in [0.717, 1.165) is 17.8 Å². The summed E-state index contributed by atoms with van der Waals surface area (Å²) in [5, 5.41) is 10.7. The van der Waals surface area contributed by atoms with Crippen LogP contribution in [0.5, 0.6) is 0 Å². The number of rotatable bonds is 4. The summed E-state index contributed by atoms with van der Waals surface area (Å²) in [6.45, 7) is 3.81. The van der Waals surface area contributed by atoms with Gasteiger partial charge in [0.2, 0.25) is 0 Å². The molecule has 0 bridgehead atoms. The van der Waals surface area contributed by atoms with Crippen molar-refractivity contribution in [2.24, 2.45) is 0 Å². The van der Waals surface area contributed by atoms with Crippen molar-refractivity contribution >= 4 is 28.2 Å². The Morgan fingerprint density at radius 1 is 1.00 bits per heavy atom. The standard InChI is InChI=1S/C18H19N3O4S/c1-2-13-3-5-14(6-4-13)17(22)19-9-11-20(12-10-19)18(23)15-7-8-16(26-15)21(24)25/h3-8H,2,9-12H2,1H3. The van der Waals surface area contributed by atoms with Crippen molar-refractivity contribution in [3.63, 3.8) is 0 Å². The second-order valence-electron chi connectivity index (χ2n) is 6.03. The van der Waals surface area contributed by atoms with E-state index < -0.39 is 4.92 Å². The first-order chi connectivity index (χ1) is 12.5. The summed E-state index contributed by atoms with van der Waals surface area (Å²) in [5.41, 5.74) is 1.83. The molecule has 1 fully saturated rings. The van der Waals surface area contributed by atoms with Crippen molar-refractivity contribution in [3.8, 4) is 0 Å². The summed E-state index contributed by atoms with van der Waals surface area (Å²) in [7, 11) is 0. The van der Waals surface area contributed by atoms with E-state index in [0.29, 0.717) is 36.6 Å². The normalized spacial score (nSPS) is 14.3. The fourth-order valence-electron chi connectivity index (χ4n) is 2.87. The molecule has 7 nitrogen and oxygen atoms in total. The van der Waals surface area contributed by atoms with Gasteiger partial charge in [0.05, 0.1) is 9.80 Å². The second kappa shape index (κ2) is 7.65. The fraction of sp³-hybridized carbons (Fsp3) is 0.333. The van der Waals surface area contributed by atoms with Gasteiger partial charge in [-0.1, -0.05) is 30.4 Å². The molecule has 1 saturated heterocycles. The number of aryl methyl sites for hydroxylation is 1. The number of nitrogens with zero attached hydrogens (tertiary/aromatic N) is 3. The van der Waals surface area contributed by atoms with Crippen LogP contribution in [-0.2, 0) is 6.42 Å². The minimum Gasteiger partial charge on any atom is -0.335 e. The number of carbonyl (C=O) groups excluding carboxylic acids is 2. The Labute approximate surface area is 155 Å². The second-order valence-corrected chi connectivity index (χ2v) is 7.09. The van der Waals surface area contributed by atoms with Crippen LogP contribution in [0.1, 0.15) is 32.5 Å². The highest BCUT2D eigenvalue weighted by Gasteiger charge is 2.27. The van der Waals surface area contributed by atoms with E-state index in [-0.39, 0.29) is 16.8 Å². The van der Waals surface area contributed by atoms with Gasteiger partial charge in [-0.05, 0) is 30.2 Å². The van der Waals surface area contributed by atoms with E-state index in [9.17, 15) is 19.7 Å². The number of hydrogen-bond acceptors (Lipinski definition) is 5. The zero-order valence-electron chi connectivity index (χ0n) is 14.4. The van der Waals surface area contributed by atoms with Crippen molar-refractivity contribution in [2.75, 3.05) is 26.2 Å². The number of thiophene rings is 1. The van der Waals surface area contributed by atoms with Crippen molar-refractivity contribution in [1.29, 1.82) is 0 Å². The van der Waals surface area contributed by atoms with E-state index in [1.54, 1.807) is 9.80 Å². The smallest absolute Gasteiger partial charge is 0.324 e. The first-order valence-corrected chi connectivity index (χ1v) is 9.23. The van der Waals surface area contributed by atoms with E-state index >= 15 is 0 Å². The molecule has 0 saturated carbocycles. The van der Waals surface area contributed by atoms with Crippen molar-refractivity contribution in [3.05, 3.63) is 62.5 Å². The highest BCUT2D eigenvalue weighted by molar-refractivity contribution is 7.17. The van der Waals surface area contributed by atoms with E-state index in [2.05, 4.69) is 6.92 Å². The molecule has 0 spiro atoms. The Morgan fingerprint density at radius 3 is 2.08 bits per heavy atom. The molecule has 136 valence electrons. The molecule has 0 atom stereocenters. The molecule has 1 aromatic heterocycles. The van der Waals surface area contributed by atoms with Crippen molar-refractivity contribution in [1.82, 2.24) is 9.80 Å². The summed E-state index contributed by atoms with van der Waals surface area (Å²) in [5.74, 6) is -0.256. The maximum absolute atomic E-state index is 12.6. The Bertz CT molecular complexity index is 823. The van der Waals surface area contributed by atoms with Gasteiger partial charge in [0, 0.05) is 37.8 Å². The number of nitro groups is 1. The molecular weight excluding hydrogens is 354 g/mol. The molecule has 0 aliphatic carbocycles. The molecule has 2 heterocycles. The third-order valence-corrected chi connectivity index (χ3v) is 5.47. The number of hydrogen-bond donors (Lipinski definition) is 0. The quantitative estimate of drug-likeness (QED) is 0.609. The van der Waals surface area contributed by atoms with Gasteiger partial charge in [0.25, 0.3) is 11.8 Å². The molecule has 0 N–H and O–H groups in total. The highest BCUT2D eigenvalue weighted by atomic mass is 32.1. The molecule has 1 aliphatic rings. The van der Waals surface area contributed by atoms with Gasteiger partial charge in [-0.15, -0.1) is 0 Å². The third-order valence-electron chi connectivity index (χ3n) is 4.45. The van der Waals surface area contributed by atoms with Crippen LogP contribution in [0, 0.1) is 10.1 Å².